The Morgan fingerprint density at radius 3 is 3.00 bits per heavy atom. The van der Waals surface area contributed by atoms with Crippen LogP contribution < -0.4 is 5.56 Å². The van der Waals surface area contributed by atoms with E-state index in [1.165, 1.54) is 6.20 Å². The lowest BCUT2D eigenvalue weighted by Crippen LogP contribution is -2.20. The third-order valence-corrected chi connectivity index (χ3v) is 2.35. The second-order valence-corrected chi connectivity index (χ2v) is 3.36. The zero-order valence-corrected chi connectivity index (χ0v) is 8.12. The summed E-state index contributed by atoms with van der Waals surface area (Å²) in [5.74, 6) is 0. The van der Waals surface area contributed by atoms with Crippen molar-refractivity contribution in [2.24, 2.45) is 0 Å². The fourth-order valence-electron chi connectivity index (χ4n) is 1.29. The summed E-state index contributed by atoms with van der Waals surface area (Å²) in [6, 6.07) is 3.22. The monoisotopic (exact) mass is 210 g/mol. The average molecular weight is 211 g/mol. The van der Waals surface area contributed by atoms with Gasteiger partial charge in [-0.1, -0.05) is 11.6 Å². The molecule has 0 bridgehead atoms. The standard InChI is InChI=1S/C9H7ClN2O2/c1-5-4-6-7(10)2-3-11-8(6)9(13)12(5)14/h2-4,14H,1H3. The molecular weight excluding hydrogens is 204 g/mol. The van der Waals surface area contributed by atoms with Crippen molar-refractivity contribution in [2.45, 2.75) is 6.92 Å². The van der Waals surface area contributed by atoms with Gasteiger partial charge in [0.2, 0.25) is 0 Å². The summed E-state index contributed by atoms with van der Waals surface area (Å²) in [4.78, 5) is 15.4. The summed E-state index contributed by atoms with van der Waals surface area (Å²) >= 11 is 5.88. The summed E-state index contributed by atoms with van der Waals surface area (Å²) in [5, 5.41) is 10.3. The van der Waals surface area contributed by atoms with Crippen LogP contribution in [-0.4, -0.2) is 14.9 Å². The average Bonchev–Trinajstić information content (AvgIpc) is 2.17. The lowest BCUT2D eigenvalue weighted by Gasteiger charge is -2.04. The summed E-state index contributed by atoms with van der Waals surface area (Å²) in [6.07, 6.45) is 1.43. The van der Waals surface area contributed by atoms with E-state index in [9.17, 15) is 10.0 Å². The lowest BCUT2D eigenvalue weighted by atomic mass is 10.2. The highest BCUT2D eigenvalue weighted by molar-refractivity contribution is 6.35. The molecule has 2 heterocycles. The maximum absolute atomic E-state index is 11.5. The van der Waals surface area contributed by atoms with E-state index in [4.69, 9.17) is 11.6 Å². The van der Waals surface area contributed by atoms with Gasteiger partial charge in [-0.15, -0.1) is 0 Å². The van der Waals surface area contributed by atoms with Crippen LogP contribution >= 0.6 is 11.6 Å². The topological polar surface area (TPSA) is 55.1 Å². The fourth-order valence-corrected chi connectivity index (χ4v) is 1.49. The van der Waals surface area contributed by atoms with Crippen molar-refractivity contribution in [1.29, 1.82) is 0 Å². The molecule has 0 saturated carbocycles. The predicted octanol–water partition coefficient (Wildman–Crippen LogP) is 1.60. The van der Waals surface area contributed by atoms with Crippen LogP contribution in [0.2, 0.25) is 5.02 Å². The molecule has 0 atom stereocenters. The van der Waals surface area contributed by atoms with Gasteiger partial charge in [-0.2, -0.15) is 4.73 Å². The molecule has 0 aliphatic heterocycles. The number of rotatable bonds is 0. The number of nitrogens with zero attached hydrogens (tertiary/aromatic N) is 2. The Labute approximate surface area is 84.3 Å². The van der Waals surface area contributed by atoms with Crippen LogP contribution in [0, 0.1) is 6.92 Å². The Kier molecular flexibility index (Phi) is 1.93. The predicted molar refractivity (Wildman–Crippen MR) is 52.9 cm³/mol. The molecule has 2 aromatic rings. The normalized spacial score (nSPS) is 10.7. The number of pyridine rings is 2. The molecule has 0 aromatic carbocycles. The van der Waals surface area contributed by atoms with E-state index in [0.29, 0.717) is 20.8 Å². The summed E-state index contributed by atoms with van der Waals surface area (Å²) in [6.45, 7) is 1.62. The van der Waals surface area contributed by atoms with Crippen LogP contribution in [0.1, 0.15) is 5.69 Å². The Balaban J connectivity index is 3.06. The van der Waals surface area contributed by atoms with Crippen molar-refractivity contribution in [3.05, 3.63) is 39.4 Å². The van der Waals surface area contributed by atoms with Crippen LogP contribution in [0.25, 0.3) is 10.9 Å². The molecule has 2 aromatic heterocycles. The Morgan fingerprint density at radius 1 is 1.57 bits per heavy atom. The molecule has 0 aliphatic carbocycles. The number of fused-ring (bicyclic) bond motifs is 1. The molecule has 0 aliphatic rings. The first-order valence-electron chi connectivity index (χ1n) is 3.97. The lowest BCUT2D eigenvalue weighted by molar-refractivity contribution is 0.170. The molecule has 0 fully saturated rings. The quantitative estimate of drug-likeness (QED) is 0.672. The van der Waals surface area contributed by atoms with Gasteiger partial charge in [-0.3, -0.25) is 9.78 Å². The molecule has 72 valence electrons. The van der Waals surface area contributed by atoms with Gasteiger partial charge in [-0.05, 0) is 19.1 Å². The highest BCUT2D eigenvalue weighted by Gasteiger charge is 2.08. The van der Waals surface area contributed by atoms with Crippen molar-refractivity contribution in [1.82, 2.24) is 9.71 Å². The minimum absolute atomic E-state index is 0.172. The minimum Gasteiger partial charge on any atom is -0.425 e. The van der Waals surface area contributed by atoms with E-state index in [2.05, 4.69) is 4.98 Å². The van der Waals surface area contributed by atoms with Crippen LogP contribution in [0.15, 0.2) is 23.1 Å². The molecule has 0 amide bonds. The van der Waals surface area contributed by atoms with Crippen molar-refractivity contribution >= 4 is 22.5 Å². The molecule has 1 N–H and O–H groups in total. The van der Waals surface area contributed by atoms with Gasteiger partial charge in [0.05, 0.1) is 10.7 Å². The molecule has 2 rings (SSSR count). The number of hydrogen-bond acceptors (Lipinski definition) is 3. The second kappa shape index (κ2) is 2.99. The highest BCUT2D eigenvalue weighted by Crippen LogP contribution is 2.19. The van der Waals surface area contributed by atoms with E-state index in [0.717, 1.165) is 0 Å². The van der Waals surface area contributed by atoms with E-state index < -0.39 is 5.56 Å². The zero-order valence-electron chi connectivity index (χ0n) is 7.36. The zero-order chi connectivity index (χ0) is 10.3. The minimum atomic E-state index is -0.553. The van der Waals surface area contributed by atoms with Gasteiger partial charge in [0.15, 0.2) is 0 Å². The molecule has 4 nitrogen and oxygen atoms in total. The molecule has 0 spiro atoms. The molecule has 5 heteroatoms. The third kappa shape index (κ3) is 1.15. The number of aryl methyl sites for hydroxylation is 1. The SMILES string of the molecule is Cc1cc2c(Cl)ccnc2c(=O)n1O. The Hall–Kier alpha value is -1.55. The van der Waals surface area contributed by atoms with Gasteiger partial charge in [0.25, 0.3) is 0 Å². The maximum atomic E-state index is 11.5. The summed E-state index contributed by atoms with van der Waals surface area (Å²) < 4.78 is 0.561. The van der Waals surface area contributed by atoms with E-state index in [-0.39, 0.29) is 5.52 Å². The second-order valence-electron chi connectivity index (χ2n) is 2.96. The van der Waals surface area contributed by atoms with Gasteiger partial charge < -0.3 is 5.21 Å². The molecule has 14 heavy (non-hydrogen) atoms. The van der Waals surface area contributed by atoms with Crippen molar-refractivity contribution in [2.75, 3.05) is 0 Å². The maximum Gasteiger partial charge on any atom is 0.309 e. The smallest absolute Gasteiger partial charge is 0.309 e. The number of hydrogen-bond donors (Lipinski definition) is 1. The largest absolute Gasteiger partial charge is 0.425 e. The van der Waals surface area contributed by atoms with Crippen LogP contribution in [0.4, 0.5) is 0 Å². The third-order valence-electron chi connectivity index (χ3n) is 2.02. The van der Waals surface area contributed by atoms with E-state index in [1.54, 1.807) is 19.1 Å². The van der Waals surface area contributed by atoms with Crippen LogP contribution in [0.5, 0.6) is 0 Å². The van der Waals surface area contributed by atoms with Gasteiger partial charge in [0, 0.05) is 11.6 Å². The van der Waals surface area contributed by atoms with Gasteiger partial charge in [0.1, 0.15) is 5.52 Å². The van der Waals surface area contributed by atoms with Gasteiger partial charge in [-0.25, -0.2) is 0 Å². The van der Waals surface area contributed by atoms with Crippen LogP contribution in [0.3, 0.4) is 0 Å². The molecule has 0 saturated heterocycles. The summed E-state index contributed by atoms with van der Waals surface area (Å²) in [5.41, 5.74) is 0.0468. The first-order valence-corrected chi connectivity index (χ1v) is 4.35. The van der Waals surface area contributed by atoms with E-state index >= 15 is 0 Å². The first kappa shape index (κ1) is 9.02. The number of aromatic nitrogens is 2. The Bertz CT molecular complexity index is 562. The molecule has 0 unspecified atom stereocenters. The van der Waals surface area contributed by atoms with Crippen molar-refractivity contribution in [3.63, 3.8) is 0 Å². The highest BCUT2D eigenvalue weighted by atomic mass is 35.5. The fraction of sp³-hybridized carbons (Fsp3) is 0.111. The van der Waals surface area contributed by atoms with Crippen molar-refractivity contribution < 1.29 is 5.21 Å². The summed E-state index contributed by atoms with van der Waals surface area (Å²) in [7, 11) is 0. The molecular formula is C9H7ClN2O2. The van der Waals surface area contributed by atoms with E-state index in [1.807, 2.05) is 0 Å². The van der Waals surface area contributed by atoms with Crippen molar-refractivity contribution in [3.8, 4) is 0 Å². The Morgan fingerprint density at radius 2 is 2.29 bits per heavy atom. The molecule has 0 radical (unpaired) electrons. The van der Waals surface area contributed by atoms with Crippen LogP contribution in [-0.2, 0) is 0 Å². The number of halogens is 1. The first-order chi connectivity index (χ1) is 6.61. The van der Waals surface area contributed by atoms with Gasteiger partial charge >= 0.3 is 5.56 Å².